The maximum absolute atomic E-state index is 13.5. The lowest BCUT2D eigenvalue weighted by molar-refractivity contribution is 0.584. The third-order valence-electron chi connectivity index (χ3n) is 2.75. The number of halogens is 3. The van der Waals surface area contributed by atoms with Crippen LogP contribution in [0.3, 0.4) is 0 Å². The van der Waals surface area contributed by atoms with Gasteiger partial charge in [-0.25, -0.2) is 13.8 Å². The van der Waals surface area contributed by atoms with Crippen LogP contribution in [0.1, 0.15) is 32.8 Å². The Balaban J connectivity index is 0.00000361. The van der Waals surface area contributed by atoms with Crippen LogP contribution in [0, 0.1) is 11.6 Å². The molecule has 6 heteroatoms. The van der Waals surface area contributed by atoms with Gasteiger partial charge in [0.25, 0.3) is 0 Å². The Labute approximate surface area is 136 Å². The van der Waals surface area contributed by atoms with E-state index in [1.54, 1.807) is 0 Å². The highest BCUT2D eigenvalue weighted by Gasteiger charge is 2.05. The van der Waals surface area contributed by atoms with Crippen molar-refractivity contribution in [2.24, 2.45) is 4.99 Å². The number of hydrogen-bond donors (Lipinski definition) is 2. The van der Waals surface area contributed by atoms with Gasteiger partial charge < -0.3 is 10.6 Å². The Morgan fingerprint density at radius 2 is 2.00 bits per heavy atom. The zero-order chi connectivity index (χ0) is 14.3. The first kappa shape index (κ1) is 19.1. The van der Waals surface area contributed by atoms with E-state index in [1.807, 2.05) is 13.8 Å². The van der Waals surface area contributed by atoms with Crippen LogP contribution in [-0.4, -0.2) is 18.5 Å². The molecule has 1 rings (SSSR count). The molecular formula is C14H22F2IN3. The van der Waals surface area contributed by atoms with Crippen LogP contribution in [0.2, 0.25) is 0 Å². The van der Waals surface area contributed by atoms with Crippen molar-refractivity contribution in [1.29, 1.82) is 0 Å². The second-order valence-electron chi connectivity index (χ2n) is 4.38. The quantitative estimate of drug-likeness (QED) is 0.454. The molecule has 0 aliphatic carbocycles. The highest BCUT2D eigenvalue weighted by atomic mass is 127. The highest BCUT2D eigenvalue weighted by Crippen LogP contribution is 2.10. The molecule has 1 aromatic rings. The van der Waals surface area contributed by atoms with E-state index >= 15 is 0 Å². The average Bonchev–Trinajstić information content (AvgIpc) is 2.39. The van der Waals surface area contributed by atoms with Crippen LogP contribution in [0.5, 0.6) is 0 Å². The number of nitrogens with one attached hydrogen (secondary N) is 2. The standard InChI is InChI=1S/C14H21F2N3.HI/c1-4-10(3)19-14(17-5-2)18-9-11-8-12(15)6-7-13(11)16;/h6-8,10H,4-5,9H2,1-3H3,(H2,17,18,19);1H. The number of benzene rings is 1. The monoisotopic (exact) mass is 397 g/mol. The lowest BCUT2D eigenvalue weighted by Gasteiger charge is -2.16. The predicted octanol–water partition coefficient (Wildman–Crippen LogP) is 3.44. The van der Waals surface area contributed by atoms with Crippen LogP contribution in [-0.2, 0) is 6.54 Å². The molecule has 0 saturated carbocycles. The molecule has 0 heterocycles. The molecule has 0 spiro atoms. The number of nitrogens with zero attached hydrogens (tertiary/aromatic N) is 1. The Morgan fingerprint density at radius 3 is 2.60 bits per heavy atom. The Kier molecular flexibility index (Phi) is 9.45. The van der Waals surface area contributed by atoms with Crippen LogP contribution < -0.4 is 10.6 Å². The molecular weight excluding hydrogens is 375 g/mol. The fourth-order valence-corrected chi connectivity index (χ4v) is 1.48. The number of aliphatic imine (C=N–C) groups is 1. The third kappa shape index (κ3) is 6.49. The van der Waals surface area contributed by atoms with Gasteiger partial charge in [0.05, 0.1) is 6.54 Å². The van der Waals surface area contributed by atoms with E-state index in [2.05, 4.69) is 22.5 Å². The molecule has 1 aromatic carbocycles. The van der Waals surface area contributed by atoms with Crippen LogP contribution in [0.4, 0.5) is 8.78 Å². The van der Waals surface area contributed by atoms with Gasteiger partial charge in [-0.3, -0.25) is 0 Å². The molecule has 0 aliphatic rings. The first-order chi connectivity index (χ1) is 9.06. The molecule has 0 aliphatic heterocycles. The minimum atomic E-state index is -0.452. The van der Waals surface area contributed by atoms with Gasteiger partial charge in [0.1, 0.15) is 11.6 Å². The molecule has 3 nitrogen and oxygen atoms in total. The maximum Gasteiger partial charge on any atom is 0.191 e. The number of rotatable bonds is 5. The van der Waals surface area contributed by atoms with E-state index in [-0.39, 0.29) is 42.1 Å². The fourth-order valence-electron chi connectivity index (χ4n) is 1.48. The van der Waals surface area contributed by atoms with Crippen molar-refractivity contribution in [1.82, 2.24) is 10.6 Å². The Bertz CT molecular complexity index is 438. The second-order valence-corrected chi connectivity index (χ2v) is 4.38. The molecule has 2 N–H and O–H groups in total. The van der Waals surface area contributed by atoms with Gasteiger partial charge in [0.2, 0.25) is 0 Å². The summed E-state index contributed by atoms with van der Waals surface area (Å²) in [6.07, 6.45) is 0.957. The van der Waals surface area contributed by atoms with Gasteiger partial charge >= 0.3 is 0 Å². The highest BCUT2D eigenvalue weighted by molar-refractivity contribution is 14.0. The summed E-state index contributed by atoms with van der Waals surface area (Å²) in [7, 11) is 0. The maximum atomic E-state index is 13.5. The van der Waals surface area contributed by atoms with Gasteiger partial charge in [-0.15, -0.1) is 24.0 Å². The first-order valence-corrected chi connectivity index (χ1v) is 6.55. The summed E-state index contributed by atoms with van der Waals surface area (Å²) >= 11 is 0. The van der Waals surface area contributed by atoms with E-state index in [9.17, 15) is 8.78 Å². The summed E-state index contributed by atoms with van der Waals surface area (Å²) in [5.41, 5.74) is 0.251. The summed E-state index contributed by atoms with van der Waals surface area (Å²) in [5.74, 6) is -0.281. The predicted molar refractivity (Wildman–Crippen MR) is 89.5 cm³/mol. The van der Waals surface area contributed by atoms with Crippen LogP contribution in [0.25, 0.3) is 0 Å². The molecule has 1 atom stereocenters. The summed E-state index contributed by atoms with van der Waals surface area (Å²) in [5, 5.41) is 6.27. The minimum absolute atomic E-state index is 0. The molecule has 0 saturated heterocycles. The molecule has 1 unspecified atom stereocenters. The van der Waals surface area contributed by atoms with Crippen molar-refractivity contribution in [3.8, 4) is 0 Å². The normalized spacial score (nSPS) is 12.6. The fraction of sp³-hybridized carbons (Fsp3) is 0.500. The topological polar surface area (TPSA) is 36.4 Å². The van der Waals surface area contributed by atoms with Gasteiger partial charge in [-0.1, -0.05) is 6.92 Å². The summed E-state index contributed by atoms with van der Waals surface area (Å²) in [4.78, 5) is 4.26. The molecule has 0 aromatic heterocycles. The molecule has 20 heavy (non-hydrogen) atoms. The number of hydrogen-bond acceptors (Lipinski definition) is 1. The van der Waals surface area contributed by atoms with Crippen LogP contribution >= 0.6 is 24.0 Å². The molecule has 0 amide bonds. The van der Waals surface area contributed by atoms with E-state index in [0.29, 0.717) is 12.5 Å². The second kappa shape index (κ2) is 9.90. The van der Waals surface area contributed by atoms with E-state index in [4.69, 9.17) is 0 Å². The summed E-state index contributed by atoms with van der Waals surface area (Å²) in [6.45, 7) is 6.88. The largest absolute Gasteiger partial charge is 0.357 e. The van der Waals surface area contributed by atoms with Crippen molar-refractivity contribution in [2.45, 2.75) is 39.8 Å². The zero-order valence-electron chi connectivity index (χ0n) is 12.0. The first-order valence-electron chi connectivity index (χ1n) is 6.55. The summed E-state index contributed by atoms with van der Waals surface area (Å²) < 4.78 is 26.5. The molecule has 114 valence electrons. The lowest BCUT2D eigenvalue weighted by atomic mass is 10.2. The van der Waals surface area contributed by atoms with Crippen molar-refractivity contribution >= 4 is 29.9 Å². The van der Waals surface area contributed by atoms with Gasteiger partial charge in [0.15, 0.2) is 5.96 Å². The number of guanidine groups is 1. The van der Waals surface area contributed by atoms with E-state index in [0.717, 1.165) is 18.6 Å². The Hall–Kier alpha value is -0.920. The SMILES string of the molecule is CCNC(=NCc1cc(F)ccc1F)NC(C)CC.I. The van der Waals surface area contributed by atoms with Gasteiger partial charge in [-0.2, -0.15) is 0 Å². The molecule has 0 fully saturated rings. The summed E-state index contributed by atoms with van der Waals surface area (Å²) in [6, 6.07) is 3.67. The third-order valence-corrected chi connectivity index (χ3v) is 2.75. The molecule has 0 bridgehead atoms. The van der Waals surface area contributed by atoms with E-state index in [1.165, 1.54) is 6.07 Å². The molecule has 0 radical (unpaired) electrons. The Morgan fingerprint density at radius 1 is 1.30 bits per heavy atom. The van der Waals surface area contributed by atoms with Gasteiger partial charge in [-0.05, 0) is 38.5 Å². The van der Waals surface area contributed by atoms with E-state index < -0.39 is 11.6 Å². The minimum Gasteiger partial charge on any atom is -0.357 e. The van der Waals surface area contributed by atoms with Crippen molar-refractivity contribution in [2.75, 3.05) is 6.54 Å². The van der Waals surface area contributed by atoms with Crippen molar-refractivity contribution in [3.05, 3.63) is 35.4 Å². The average molecular weight is 397 g/mol. The van der Waals surface area contributed by atoms with Crippen molar-refractivity contribution in [3.63, 3.8) is 0 Å². The zero-order valence-corrected chi connectivity index (χ0v) is 14.4. The van der Waals surface area contributed by atoms with Crippen molar-refractivity contribution < 1.29 is 8.78 Å². The smallest absolute Gasteiger partial charge is 0.191 e. The van der Waals surface area contributed by atoms with Crippen LogP contribution in [0.15, 0.2) is 23.2 Å². The van der Waals surface area contributed by atoms with Gasteiger partial charge in [0, 0.05) is 18.2 Å². The lowest BCUT2D eigenvalue weighted by Crippen LogP contribution is -2.41.